The quantitative estimate of drug-likeness (QED) is 0.386. The van der Waals surface area contributed by atoms with Crippen molar-refractivity contribution in [3.05, 3.63) is 95.6 Å². The van der Waals surface area contributed by atoms with E-state index in [2.05, 4.69) is 17.4 Å². The second kappa shape index (κ2) is 12.5. The zero-order valence-electron chi connectivity index (χ0n) is 23.1. The normalized spacial score (nSPS) is 19.2. The summed E-state index contributed by atoms with van der Waals surface area (Å²) in [5.41, 5.74) is 5.30. The predicted molar refractivity (Wildman–Crippen MR) is 151 cm³/mol. The lowest BCUT2D eigenvalue weighted by Crippen LogP contribution is -2.54. The number of aliphatic carboxylic acids is 1. The van der Waals surface area contributed by atoms with Gasteiger partial charge in [0, 0.05) is 26.1 Å². The number of carboxylic acids is 1. The summed E-state index contributed by atoms with van der Waals surface area (Å²) in [6.07, 6.45) is -2.13. The molecule has 1 aliphatic heterocycles. The van der Waals surface area contributed by atoms with Crippen molar-refractivity contribution in [1.82, 2.24) is 10.2 Å². The Morgan fingerprint density at radius 1 is 0.927 bits per heavy atom. The second-order valence-electron chi connectivity index (χ2n) is 10.4. The van der Waals surface area contributed by atoms with Crippen LogP contribution in [0.3, 0.4) is 0 Å². The summed E-state index contributed by atoms with van der Waals surface area (Å²) in [5.74, 6) is -2.49. The molecular formula is C32H34N2O7. The van der Waals surface area contributed by atoms with Gasteiger partial charge in [0.2, 0.25) is 5.91 Å². The molecule has 2 aliphatic rings. The van der Waals surface area contributed by atoms with Gasteiger partial charge < -0.3 is 29.5 Å². The first-order valence-corrected chi connectivity index (χ1v) is 13.7. The van der Waals surface area contributed by atoms with Crippen LogP contribution < -0.4 is 5.32 Å². The van der Waals surface area contributed by atoms with Crippen molar-refractivity contribution >= 4 is 18.0 Å². The summed E-state index contributed by atoms with van der Waals surface area (Å²) < 4.78 is 17.0. The number of carboxylic acid groups (broad SMARTS) is 1. The monoisotopic (exact) mass is 558 g/mol. The third kappa shape index (κ3) is 6.11. The van der Waals surface area contributed by atoms with Gasteiger partial charge in [-0.05, 0) is 34.7 Å². The maximum Gasteiger partial charge on any atom is 0.407 e. The summed E-state index contributed by atoms with van der Waals surface area (Å²) >= 11 is 0. The van der Waals surface area contributed by atoms with Crippen LogP contribution in [0.1, 0.15) is 29.5 Å². The molecule has 1 heterocycles. The van der Waals surface area contributed by atoms with Gasteiger partial charge in [-0.3, -0.25) is 9.59 Å². The van der Waals surface area contributed by atoms with Crippen molar-refractivity contribution in [2.24, 2.45) is 5.92 Å². The third-order valence-corrected chi connectivity index (χ3v) is 7.91. The molecule has 3 aromatic rings. The Morgan fingerprint density at radius 2 is 1.54 bits per heavy atom. The molecule has 5 rings (SSSR count). The van der Waals surface area contributed by atoms with E-state index in [4.69, 9.17) is 14.2 Å². The van der Waals surface area contributed by atoms with Crippen molar-refractivity contribution in [2.45, 2.75) is 37.7 Å². The summed E-state index contributed by atoms with van der Waals surface area (Å²) in [5, 5.41) is 12.3. The highest BCUT2D eigenvalue weighted by Crippen LogP contribution is 2.44. The van der Waals surface area contributed by atoms with Crippen molar-refractivity contribution in [1.29, 1.82) is 0 Å². The number of carbonyl (C=O) groups excluding carboxylic acids is 2. The van der Waals surface area contributed by atoms with Crippen molar-refractivity contribution in [3.8, 4) is 11.1 Å². The minimum atomic E-state index is -1.10. The second-order valence-corrected chi connectivity index (χ2v) is 10.4. The number of hydrogen-bond donors (Lipinski definition) is 2. The van der Waals surface area contributed by atoms with Gasteiger partial charge in [-0.1, -0.05) is 78.9 Å². The van der Waals surface area contributed by atoms with Gasteiger partial charge in [0.1, 0.15) is 18.6 Å². The number of benzene rings is 3. The van der Waals surface area contributed by atoms with Crippen molar-refractivity contribution in [2.75, 3.05) is 26.8 Å². The van der Waals surface area contributed by atoms with Gasteiger partial charge in [-0.15, -0.1) is 0 Å². The molecule has 0 radical (unpaired) electrons. The van der Waals surface area contributed by atoms with Crippen LogP contribution in [0.4, 0.5) is 4.79 Å². The minimum Gasteiger partial charge on any atom is -0.481 e. The van der Waals surface area contributed by atoms with E-state index in [-0.39, 0.29) is 32.2 Å². The SMILES string of the molecule is COC1CN(C(=O)C(NC(=O)OCC2c3ccccc3-c3ccccc32)C(C)OCc2ccccc2)CC1C(=O)O. The zero-order chi connectivity index (χ0) is 28.9. The smallest absolute Gasteiger partial charge is 0.407 e. The van der Waals surface area contributed by atoms with E-state index in [1.807, 2.05) is 66.7 Å². The fraction of sp³-hybridized carbons (Fsp3) is 0.344. The van der Waals surface area contributed by atoms with Crippen LogP contribution >= 0.6 is 0 Å². The molecule has 0 spiro atoms. The summed E-state index contributed by atoms with van der Waals surface area (Å²) in [6.45, 7) is 2.10. The fourth-order valence-corrected chi connectivity index (χ4v) is 5.67. The molecule has 214 valence electrons. The molecule has 9 heteroatoms. The Morgan fingerprint density at radius 3 is 2.12 bits per heavy atom. The highest BCUT2D eigenvalue weighted by molar-refractivity contribution is 5.87. The lowest BCUT2D eigenvalue weighted by atomic mass is 9.98. The lowest BCUT2D eigenvalue weighted by Gasteiger charge is -2.28. The van der Waals surface area contributed by atoms with Crippen LogP contribution in [-0.2, 0) is 30.4 Å². The molecule has 4 unspecified atom stereocenters. The lowest BCUT2D eigenvalue weighted by molar-refractivity contribution is -0.144. The number of hydrogen-bond acceptors (Lipinski definition) is 6. The summed E-state index contributed by atoms with van der Waals surface area (Å²) in [7, 11) is 1.42. The van der Waals surface area contributed by atoms with Crippen LogP contribution in [0.25, 0.3) is 11.1 Å². The number of likely N-dealkylation sites (tertiary alicyclic amines) is 1. The number of amides is 2. The average molecular weight is 559 g/mol. The number of rotatable bonds is 10. The Balaban J connectivity index is 1.29. The maximum atomic E-state index is 13.7. The van der Waals surface area contributed by atoms with Crippen LogP contribution in [0.15, 0.2) is 78.9 Å². The number of fused-ring (bicyclic) bond motifs is 3. The fourth-order valence-electron chi connectivity index (χ4n) is 5.67. The van der Waals surface area contributed by atoms with E-state index in [0.717, 1.165) is 27.8 Å². The van der Waals surface area contributed by atoms with Gasteiger partial charge >= 0.3 is 12.1 Å². The van der Waals surface area contributed by atoms with Gasteiger partial charge in [0.15, 0.2) is 0 Å². The van der Waals surface area contributed by atoms with Crippen molar-refractivity contribution < 1.29 is 33.7 Å². The zero-order valence-corrected chi connectivity index (χ0v) is 23.1. The van der Waals surface area contributed by atoms with Crippen LogP contribution in [0.2, 0.25) is 0 Å². The van der Waals surface area contributed by atoms with Crippen LogP contribution in [0.5, 0.6) is 0 Å². The third-order valence-electron chi connectivity index (χ3n) is 7.91. The first-order chi connectivity index (χ1) is 19.9. The number of ether oxygens (including phenoxy) is 3. The van der Waals surface area contributed by atoms with Crippen LogP contribution in [0, 0.1) is 5.92 Å². The van der Waals surface area contributed by atoms with E-state index >= 15 is 0 Å². The van der Waals surface area contributed by atoms with Gasteiger partial charge in [-0.25, -0.2) is 4.79 Å². The highest BCUT2D eigenvalue weighted by atomic mass is 16.5. The maximum absolute atomic E-state index is 13.7. The Labute approximate surface area is 239 Å². The first-order valence-electron chi connectivity index (χ1n) is 13.7. The largest absolute Gasteiger partial charge is 0.481 e. The number of nitrogens with one attached hydrogen (secondary N) is 1. The Hall–Kier alpha value is -4.21. The molecule has 0 bridgehead atoms. The van der Waals surface area contributed by atoms with Gasteiger partial charge in [0.25, 0.3) is 0 Å². The molecule has 0 saturated carbocycles. The molecule has 3 aromatic carbocycles. The molecule has 1 saturated heterocycles. The van der Waals surface area contributed by atoms with Gasteiger partial charge in [0.05, 0.1) is 18.8 Å². The molecular weight excluding hydrogens is 524 g/mol. The van der Waals surface area contributed by atoms with E-state index < -0.39 is 42.1 Å². The molecule has 41 heavy (non-hydrogen) atoms. The van der Waals surface area contributed by atoms with Crippen LogP contribution in [-0.4, -0.2) is 73.0 Å². The van der Waals surface area contributed by atoms with E-state index in [9.17, 15) is 19.5 Å². The van der Waals surface area contributed by atoms with Gasteiger partial charge in [-0.2, -0.15) is 0 Å². The topological polar surface area (TPSA) is 114 Å². The number of nitrogens with zero attached hydrogens (tertiary/aromatic N) is 1. The first kappa shape index (κ1) is 28.3. The van der Waals surface area contributed by atoms with E-state index in [1.54, 1.807) is 6.92 Å². The Bertz CT molecular complexity index is 1350. The molecule has 1 aliphatic carbocycles. The molecule has 0 aromatic heterocycles. The summed E-state index contributed by atoms with van der Waals surface area (Å²) in [4.78, 5) is 40.0. The van der Waals surface area contributed by atoms with Crippen molar-refractivity contribution in [3.63, 3.8) is 0 Å². The highest BCUT2D eigenvalue weighted by Gasteiger charge is 2.43. The molecule has 9 nitrogen and oxygen atoms in total. The molecule has 4 atom stereocenters. The summed E-state index contributed by atoms with van der Waals surface area (Å²) in [6, 6.07) is 24.5. The average Bonchev–Trinajstić information content (AvgIpc) is 3.58. The van der Waals surface area contributed by atoms with E-state index in [0.29, 0.717) is 0 Å². The number of alkyl carbamates (subject to hydrolysis) is 1. The minimum absolute atomic E-state index is 0.0268. The molecule has 2 N–H and O–H groups in total. The number of methoxy groups -OCH3 is 1. The standard InChI is InChI=1S/C32H34N2O7/c1-20(40-18-21-10-4-3-5-11-21)29(30(35)34-16-26(31(36)37)28(17-34)39-2)33-32(38)41-19-27-24-14-8-6-12-22(24)23-13-7-9-15-25(23)27/h3-15,20,26-29H,16-19H2,1-2H3,(H,33,38)(H,36,37). The molecule has 2 amide bonds. The Kier molecular flexibility index (Phi) is 8.66. The predicted octanol–water partition coefficient (Wildman–Crippen LogP) is 4.06. The van der Waals surface area contributed by atoms with E-state index in [1.165, 1.54) is 12.0 Å². The molecule has 1 fully saturated rings. The number of carbonyl (C=O) groups is 3.